The highest BCUT2D eigenvalue weighted by Gasteiger charge is 1.99. The maximum absolute atomic E-state index is 10.4. The lowest BCUT2D eigenvalue weighted by atomic mass is 10.4. The van der Waals surface area contributed by atoms with Crippen molar-refractivity contribution >= 4 is 5.97 Å². The molecule has 0 aliphatic carbocycles. The molecule has 4 nitrogen and oxygen atoms in total. The minimum absolute atomic E-state index is 0.385. The van der Waals surface area contributed by atoms with Gasteiger partial charge in [-0.15, -0.1) is 0 Å². The molecule has 90 valence electrons. The normalized spacial score (nSPS) is 8.88. The fourth-order valence-corrected chi connectivity index (χ4v) is 0.810. The molecule has 0 amide bonds. The Morgan fingerprint density at radius 1 is 1.12 bits per heavy atom. The number of rotatable bonds is 5. The minimum Gasteiger partial charge on any atom is -0.464 e. The Balaban J connectivity index is 0.000000315. The van der Waals surface area contributed by atoms with Gasteiger partial charge in [-0.25, -0.2) is 9.68 Å². The fraction of sp³-hybridized carbons (Fsp3) is 0.417. The zero-order valence-electron chi connectivity index (χ0n) is 9.46. The average molecular weight is 226 g/mol. The van der Waals surface area contributed by atoms with Crippen molar-refractivity contribution in [1.82, 2.24) is 0 Å². The van der Waals surface area contributed by atoms with Crippen LogP contribution in [0.25, 0.3) is 0 Å². The summed E-state index contributed by atoms with van der Waals surface area (Å²) in [6, 6.07) is 12.0. The molecule has 1 aromatic rings. The van der Waals surface area contributed by atoms with E-state index in [4.69, 9.17) is 5.26 Å². The number of benzene rings is 1. The van der Waals surface area contributed by atoms with Gasteiger partial charge in [-0.1, -0.05) is 49.7 Å². The van der Waals surface area contributed by atoms with Crippen molar-refractivity contribution in [2.24, 2.45) is 0 Å². The van der Waals surface area contributed by atoms with Gasteiger partial charge < -0.3 is 4.74 Å². The lowest BCUT2D eigenvalue weighted by molar-refractivity contribution is -0.245. The van der Waals surface area contributed by atoms with Crippen molar-refractivity contribution < 1.29 is 19.7 Å². The Morgan fingerprint density at radius 3 is 2.00 bits per heavy atom. The number of hydrogen-bond acceptors (Lipinski definition) is 4. The summed E-state index contributed by atoms with van der Waals surface area (Å²) in [4.78, 5) is 14.0. The first-order valence-corrected chi connectivity index (χ1v) is 5.23. The van der Waals surface area contributed by atoms with Crippen LogP contribution >= 0.6 is 0 Å². The second-order valence-corrected chi connectivity index (χ2v) is 3.00. The van der Waals surface area contributed by atoms with E-state index >= 15 is 0 Å². The summed E-state index contributed by atoms with van der Waals surface area (Å²) in [7, 11) is 0. The molecular weight excluding hydrogens is 208 g/mol. The third-order valence-corrected chi connectivity index (χ3v) is 1.61. The lowest BCUT2D eigenvalue weighted by Gasteiger charge is -2.00. The molecule has 0 atom stereocenters. The number of carbonyl (C=O) groups is 1. The summed E-state index contributed by atoms with van der Waals surface area (Å²) in [6.45, 7) is 2.01. The highest BCUT2D eigenvalue weighted by atomic mass is 17.1. The second kappa shape index (κ2) is 11.7. The molecule has 0 aliphatic heterocycles. The molecular formula is C12H18O4. The van der Waals surface area contributed by atoms with Crippen LogP contribution in [0.3, 0.4) is 0 Å². The Morgan fingerprint density at radius 2 is 1.62 bits per heavy atom. The van der Waals surface area contributed by atoms with E-state index in [9.17, 15) is 4.79 Å². The van der Waals surface area contributed by atoms with Crippen LogP contribution in [0.15, 0.2) is 36.4 Å². The molecule has 0 fully saturated rings. The van der Waals surface area contributed by atoms with Crippen molar-refractivity contribution in [3.63, 3.8) is 0 Å². The quantitative estimate of drug-likeness (QED) is 0.363. The van der Waals surface area contributed by atoms with Crippen molar-refractivity contribution in [2.75, 3.05) is 13.2 Å². The maximum Gasteiger partial charge on any atom is 0.335 e. The lowest BCUT2D eigenvalue weighted by Crippen LogP contribution is -2.11. The van der Waals surface area contributed by atoms with Crippen LogP contribution in [0.5, 0.6) is 0 Å². The van der Waals surface area contributed by atoms with Crippen LogP contribution in [-0.4, -0.2) is 24.4 Å². The molecule has 0 bridgehead atoms. The summed E-state index contributed by atoms with van der Waals surface area (Å²) in [5.74, 6) is -0.532. The molecule has 0 aromatic heterocycles. The van der Waals surface area contributed by atoms with Crippen LogP contribution in [-0.2, 0) is 14.4 Å². The van der Waals surface area contributed by atoms with Gasteiger partial charge in [-0.2, -0.15) is 0 Å². The van der Waals surface area contributed by atoms with Gasteiger partial charge in [0.25, 0.3) is 0 Å². The van der Waals surface area contributed by atoms with Crippen molar-refractivity contribution in [3.05, 3.63) is 36.4 Å². The molecule has 0 saturated heterocycles. The fourth-order valence-electron chi connectivity index (χ4n) is 0.810. The third kappa shape index (κ3) is 10.7. The number of esters is 1. The van der Waals surface area contributed by atoms with Gasteiger partial charge in [0, 0.05) is 0 Å². The molecule has 0 aliphatic rings. The van der Waals surface area contributed by atoms with E-state index < -0.39 is 5.97 Å². The molecule has 16 heavy (non-hydrogen) atoms. The molecule has 0 saturated carbocycles. The van der Waals surface area contributed by atoms with Crippen molar-refractivity contribution in [2.45, 2.75) is 19.8 Å². The third-order valence-electron chi connectivity index (χ3n) is 1.61. The minimum atomic E-state index is -0.532. The van der Waals surface area contributed by atoms with Crippen LogP contribution in [0.1, 0.15) is 19.8 Å². The van der Waals surface area contributed by atoms with E-state index in [0.29, 0.717) is 6.61 Å². The standard InChI is InChI=1S/C6H12O4.C6H6/c1-2-3-4-9-6(7)5-10-8;1-2-4-6-5-3-1/h8H,2-5H2,1H3;1-6H. The molecule has 4 heteroatoms. The zero-order chi connectivity index (χ0) is 12.1. The molecule has 1 N–H and O–H groups in total. The van der Waals surface area contributed by atoms with Gasteiger partial charge in [0.15, 0.2) is 6.61 Å². The smallest absolute Gasteiger partial charge is 0.335 e. The maximum atomic E-state index is 10.4. The monoisotopic (exact) mass is 226 g/mol. The van der Waals surface area contributed by atoms with Gasteiger partial charge in [0.05, 0.1) is 6.61 Å². The first-order valence-electron chi connectivity index (χ1n) is 5.23. The average Bonchev–Trinajstić information content (AvgIpc) is 2.33. The van der Waals surface area contributed by atoms with Crippen LogP contribution < -0.4 is 0 Å². The van der Waals surface area contributed by atoms with E-state index in [1.54, 1.807) is 0 Å². The van der Waals surface area contributed by atoms with Crippen LogP contribution in [0.4, 0.5) is 0 Å². The van der Waals surface area contributed by atoms with Crippen LogP contribution in [0.2, 0.25) is 0 Å². The molecule has 0 radical (unpaired) electrons. The van der Waals surface area contributed by atoms with E-state index in [0.717, 1.165) is 12.8 Å². The molecule has 0 heterocycles. The van der Waals surface area contributed by atoms with Crippen LogP contribution in [0, 0.1) is 0 Å². The molecule has 1 rings (SSSR count). The molecule has 0 spiro atoms. The topological polar surface area (TPSA) is 55.8 Å². The predicted molar refractivity (Wildman–Crippen MR) is 60.9 cm³/mol. The Kier molecular flexibility index (Phi) is 10.7. The summed E-state index contributed by atoms with van der Waals surface area (Å²) < 4.78 is 4.60. The van der Waals surface area contributed by atoms with E-state index in [1.807, 2.05) is 43.3 Å². The number of carbonyl (C=O) groups excluding carboxylic acids is 1. The first-order chi connectivity index (χ1) is 7.81. The second-order valence-electron chi connectivity index (χ2n) is 3.00. The number of hydrogen-bond donors (Lipinski definition) is 1. The highest BCUT2D eigenvalue weighted by Crippen LogP contribution is 1.88. The Labute approximate surface area is 95.7 Å². The summed E-state index contributed by atoms with van der Waals surface area (Å²) in [5, 5.41) is 7.79. The Hall–Kier alpha value is -1.39. The SMILES string of the molecule is CCCCOC(=O)COO.c1ccccc1. The van der Waals surface area contributed by atoms with Gasteiger partial charge in [0.1, 0.15) is 0 Å². The van der Waals surface area contributed by atoms with Gasteiger partial charge in [0.2, 0.25) is 0 Å². The molecule has 0 unspecified atom stereocenters. The van der Waals surface area contributed by atoms with E-state index in [1.165, 1.54) is 0 Å². The zero-order valence-corrected chi connectivity index (χ0v) is 9.46. The Bertz CT molecular complexity index is 222. The summed E-state index contributed by atoms with van der Waals surface area (Å²) in [5.41, 5.74) is 0. The molecule has 1 aromatic carbocycles. The van der Waals surface area contributed by atoms with Crippen molar-refractivity contribution in [3.8, 4) is 0 Å². The first kappa shape index (κ1) is 14.6. The van der Waals surface area contributed by atoms with Gasteiger partial charge in [-0.3, -0.25) is 5.26 Å². The largest absolute Gasteiger partial charge is 0.464 e. The van der Waals surface area contributed by atoms with Gasteiger partial charge >= 0.3 is 5.97 Å². The summed E-state index contributed by atoms with van der Waals surface area (Å²) in [6.07, 6.45) is 1.82. The number of unbranched alkanes of at least 4 members (excludes halogenated alkanes) is 1. The number of ether oxygens (including phenoxy) is 1. The van der Waals surface area contributed by atoms with E-state index in [-0.39, 0.29) is 6.61 Å². The van der Waals surface area contributed by atoms with E-state index in [2.05, 4.69) is 9.62 Å². The highest BCUT2D eigenvalue weighted by molar-refractivity contribution is 5.70. The summed E-state index contributed by atoms with van der Waals surface area (Å²) >= 11 is 0. The van der Waals surface area contributed by atoms with Gasteiger partial charge in [-0.05, 0) is 6.42 Å². The van der Waals surface area contributed by atoms with Crippen molar-refractivity contribution in [1.29, 1.82) is 0 Å². The predicted octanol–water partition coefficient (Wildman–Crippen LogP) is 2.51.